The van der Waals surface area contributed by atoms with E-state index in [1.54, 1.807) is 6.07 Å². The zero-order valence-corrected chi connectivity index (χ0v) is 11.8. The van der Waals surface area contributed by atoms with Crippen LogP contribution in [0.2, 0.25) is 0 Å². The van der Waals surface area contributed by atoms with Crippen LogP contribution in [0.4, 0.5) is 5.69 Å². The lowest BCUT2D eigenvalue weighted by molar-refractivity contribution is 0.289. The molecule has 0 aliphatic heterocycles. The van der Waals surface area contributed by atoms with Gasteiger partial charge in [-0.2, -0.15) is 0 Å². The van der Waals surface area contributed by atoms with Gasteiger partial charge in [-0.15, -0.1) is 0 Å². The Balaban J connectivity index is 2.80. The van der Waals surface area contributed by atoms with Crippen molar-refractivity contribution in [2.75, 3.05) is 19.4 Å². The molecular weight excluding hydrogens is 252 g/mol. The van der Waals surface area contributed by atoms with Gasteiger partial charge in [0.25, 0.3) is 0 Å². The molecule has 0 aliphatic rings. The van der Waals surface area contributed by atoms with E-state index in [2.05, 4.69) is 18.6 Å². The monoisotopic (exact) mass is 272 g/mol. The van der Waals surface area contributed by atoms with Gasteiger partial charge < -0.3 is 10.5 Å². The minimum absolute atomic E-state index is 0.0706. The molecule has 0 saturated heterocycles. The standard InChI is InChI=1S/C12H20N2O3S/c1-9(2)6-7-17-10-4-5-12(11(13)8-10)18(15,16)14-3/h4-5,8-9,14H,6-7,13H2,1-3H3. The summed E-state index contributed by atoms with van der Waals surface area (Å²) >= 11 is 0. The zero-order chi connectivity index (χ0) is 13.8. The van der Waals surface area contributed by atoms with E-state index in [-0.39, 0.29) is 10.6 Å². The van der Waals surface area contributed by atoms with Crippen LogP contribution in [0.5, 0.6) is 5.75 Å². The largest absolute Gasteiger partial charge is 0.494 e. The summed E-state index contributed by atoms with van der Waals surface area (Å²) in [6.07, 6.45) is 0.941. The first-order valence-electron chi connectivity index (χ1n) is 5.82. The van der Waals surface area contributed by atoms with Crippen LogP contribution in [-0.4, -0.2) is 22.1 Å². The molecule has 5 nitrogen and oxygen atoms in total. The number of nitrogens with one attached hydrogen (secondary N) is 1. The van der Waals surface area contributed by atoms with Gasteiger partial charge in [-0.05, 0) is 31.5 Å². The first kappa shape index (κ1) is 14.8. The topological polar surface area (TPSA) is 81.4 Å². The molecule has 0 unspecified atom stereocenters. The summed E-state index contributed by atoms with van der Waals surface area (Å²) in [4.78, 5) is 0.0706. The highest BCUT2D eigenvalue weighted by Gasteiger charge is 2.15. The molecule has 0 aliphatic carbocycles. The maximum Gasteiger partial charge on any atom is 0.242 e. The Hall–Kier alpha value is -1.27. The number of ether oxygens (including phenoxy) is 1. The summed E-state index contributed by atoms with van der Waals surface area (Å²) in [6, 6.07) is 4.59. The van der Waals surface area contributed by atoms with Gasteiger partial charge >= 0.3 is 0 Å². The molecule has 0 atom stereocenters. The van der Waals surface area contributed by atoms with E-state index in [1.165, 1.54) is 19.2 Å². The van der Waals surface area contributed by atoms with E-state index >= 15 is 0 Å². The molecule has 0 aromatic heterocycles. The SMILES string of the molecule is CNS(=O)(=O)c1ccc(OCCC(C)C)cc1N. The predicted molar refractivity (Wildman–Crippen MR) is 72.0 cm³/mol. The highest BCUT2D eigenvalue weighted by molar-refractivity contribution is 7.89. The molecule has 0 spiro atoms. The van der Waals surface area contributed by atoms with E-state index in [4.69, 9.17) is 10.5 Å². The lowest BCUT2D eigenvalue weighted by atomic mass is 10.1. The highest BCUT2D eigenvalue weighted by atomic mass is 32.2. The number of rotatable bonds is 6. The molecule has 0 saturated carbocycles. The molecule has 1 rings (SSSR count). The van der Waals surface area contributed by atoms with E-state index in [9.17, 15) is 8.42 Å². The maximum absolute atomic E-state index is 11.6. The van der Waals surface area contributed by atoms with Gasteiger partial charge in [0.15, 0.2) is 0 Å². The van der Waals surface area contributed by atoms with E-state index in [0.717, 1.165) is 6.42 Å². The van der Waals surface area contributed by atoms with Crippen LogP contribution in [0.3, 0.4) is 0 Å². The first-order valence-corrected chi connectivity index (χ1v) is 7.31. The summed E-state index contributed by atoms with van der Waals surface area (Å²) in [5, 5.41) is 0. The van der Waals surface area contributed by atoms with Gasteiger partial charge in [0, 0.05) is 6.07 Å². The molecule has 6 heteroatoms. The molecule has 3 N–H and O–H groups in total. The van der Waals surface area contributed by atoms with Gasteiger partial charge in [-0.25, -0.2) is 13.1 Å². The normalized spacial score (nSPS) is 11.8. The van der Waals surface area contributed by atoms with Crippen molar-refractivity contribution in [2.24, 2.45) is 5.92 Å². The maximum atomic E-state index is 11.6. The van der Waals surface area contributed by atoms with E-state index < -0.39 is 10.0 Å². The van der Waals surface area contributed by atoms with Gasteiger partial charge in [0.2, 0.25) is 10.0 Å². The van der Waals surface area contributed by atoms with Crippen LogP contribution >= 0.6 is 0 Å². The molecule has 0 bridgehead atoms. The molecule has 0 amide bonds. The van der Waals surface area contributed by atoms with Crippen LogP contribution < -0.4 is 15.2 Å². The third-order valence-electron chi connectivity index (χ3n) is 2.50. The summed E-state index contributed by atoms with van der Waals surface area (Å²) in [6.45, 7) is 4.82. The molecule has 102 valence electrons. The van der Waals surface area contributed by atoms with E-state index in [1.807, 2.05) is 0 Å². The third-order valence-corrected chi connectivity index (χ3v) is 3.99. The average molecular weight is 272 g/mol. The predicted octanol–water partition coefficient (Wildman–Crippen LogP) is 1.60. The fourth-order valence-corrected chi connectivity index (χ4v) is 2.22. The summed E-state index contributed by atoms with van der Waals surface area (Å²) in [7, 11) is -2.16. The minimum Gasteiger partial charge on any atom is -0.494 e. The van der Waals surface area contributed by atoms with Gasteiger partial charge in [0.1, 0.15) is 10.6 Å². The van der Waals surface area contributed by atoms with E-state index in [0.29, 0.717) is 18.3 Å². The Bertz CT molecular complexity index is 498. The van der Waals surface area contributed by atoms with Crippen molar-refractivity contribution >= 4 is 15.7 Å². The van der Waals surface area contributed by atoms with Gasteiger partial charge in [0.05, 0.1) is 12.3 Å². The summed E-state index contributed by atoms with van der Waals surface area (Å²) < 4.78 is 30.9. The van der Waals surface area contributed by atoms with Crippen LogP contribution in [0.1, 0.15) is 20.3 Å². The number of hydrogen-bond donors (Lipinski definition) is 2. The second-order valence-electron chi connectivity index (χ2n) is 4.44. The Morgan fingerprint density at radius 1 is 1.39 bits per heavy atom. The fraction of sp³-hybridized carbons (Fsp3) is 0.500. The number of nitrogens with two attached hydrogens (primary N) is 1. The van der Waals surface area contributed by atoms with Crippen LogP contribution in [0.15, 0.2) is 23.1 Å². The number of sulfonamides is 1. The molecular formula is C12H20N2O3S. The average Bonchev–Trinajstić information content (AvgIpc) is 2.28. The molecule has 1 aromatic carbocycles. The lowest BCUT2D eigenvalue weighted by Gasteiger charge is -2.11. The van der Waals surface area contributed by atoms with Crippen molar-refractivity contribution in [3.05, 3.63) is 18.2 Å². The second kappa shape index (κ2) is 6.06. The smallest absolute Gasteiger partial charge is 0.242 e. The Morgan fingerprint density at radius 3 is 2.56 bits per heavy atom. The Labute approximate surface area is 108 Å². The van der Waals surface area contributed by atoms with Crippen LogP contribution in [0, 0.1) is 5.92 Å². The second-order valence-corrected chi connectivity index (χ2v) is 6.29. The molecule has 0 heterocycles. The number of hydrogen-bond acceptors (Lipinski definition) is 4. The zero-order valence-electron chi connectivity index (χ0n) is 10.9. The highest BCUT2D eigenvalue weighted by Crippen LogP contribution is 2.23. The fourth-order valence-electron chi connectivity index (χ4n) is 1.38. The van der Waals surface area contributed by atoms with Crippen molar-refractivity contribution in [2.45, 2.75) is 25.2 Å². The van der Waals surface area contributed by atoms with Gasteiger partial charge in [-0.3, -0.25) is 0 Å². The number of nitrogen functional groups attached to an aromatic ring is 1. The van der Waals surface area contributed by atoms with Crippen molar-refractivity contribution < 1.29 is 13.2 Å². The van der Waals surface area contributed by atoms with Crippen molar-refractivity contribution in [3.63, 3.8) is 0 Å². The summed E-state index contributed by atoms with van der Waals surface area (Å²) in [5.41, 5.74) is 5.90. The number of anilines is 1. The minimum atomic E-state index is -3.51. The van der Waals surface area contributed by atoms with Crippen molar-refractivity contribution in [1.29, 1.82) is 0 Å². The summed E-state index contributed by atoms with van der Waals surface area (Å²) in [5.74, 6) is 1.15. The lowest BCUT2D eigenvalue weighted by Crippen LogP contribution is -2.19. The third kappa shape index (κ3) is 3.89. The van der Waals surface area contributed by atoms with Crippen molar-refractivity contribution in [1.82, 2.24) is 4.72 Å². The molecule has 1 aromatic rings. The molecule has 0 fully saturated rings. The Morgan fingerprint density at radius 2 is 2.06 bits per heavy atom. The van der Waals surface area contributed by atoms with Gasteiger partial charge in [-0.1, -0.05) is 13.8 Å². The molecule has 18 heavy (non-hydrogen) atoms. The van der Waals surface area contributed by atoms with Crippen molar-refractivity contribution in [3.8, 4) is 5.75 Å². The van der Waals surface area contributed by atoms with Crippen LogP contribution in [-0.2, 0) is 10.0 Å². The quantitative estimate of drug-likeness (QED) is 0.771. The number of benzene rings is 1. The molecule has 0 radical (unpaired) electrons. The van der Waals surface area contributed by atoms with Crippen LogP contribution in [0.25, 0.3) is 0 Å². The first-order chi connectivity index (χ1) is 8.36. The Kier molecular flexibility index (Phi) is 4.98.